The van der Waals surface area contributed by atoms with Crippen LogP contribution in [0.25, 0.3) is 0 Å². The van der Waals surface area contributed by atoms with Crippen molar-refractivity contribution in [2.75, 3.05) is 13.7 Å². The lowest BCUT2D eigenvalue weighted by Gasteiger charge is -2.07. The molecule has 3 aromatic rings. The number of methoxy groups -OCH3 is 1. The molecule has 1 N–H and O–H groups in total. The monoisotopic (exact) mass is 429 g/mol. The van der Waals surface area contributed by atoms with E-state index >= 15 is 0 Å². The second kappa shape index (κ2) is 9.53. The SMILES string of the molecule is COc1ccc(CCNC(=O)c2ccc(Sc3nc(C)cs3)c([N+](=O)[O-])c2)cc1. The van der Waals surface area contributed by atoms with Gasteiger partial charge in [0, 0.05) is 29.2 Å². The van der Waals surface area contributed by atoms with Gasteiger partial charge in [0.05, 0.1) is 16.9 Å². The van der Waals surface area contributed by atoms with Gasteiger partial charge in [-0.1, -0.05) is 23.9 Å². The highest BCUT2D eigenvalue weighted by Crippen LogP contribution is 2.36. The number of carbonyl (C=O) groups excluding carboxylic acids is 1. The van der Waals surface area contributed by atoms with Crippen molar-refractivity contribution in [3.63, 3.8) is 0 Å². The maximum absolute atomic E-state index is 12.4. The fourth-order valence-corrected chi connectivity index (χ4v) is 4.45. The third kappa shape index (κ3) is 5.55. The molecule has 0 saturated carbocycles. The predicted molar refractivity (Wildman–Crippen MR) is 113 cm³/mol. The number of benzene rings is 2. The molecule has 7 nitrogen and oxygen atoms in total. The van der Waals surface area contributed by atoms with Crippen molar-refractivity contribution in [3.05, 3.63) is 74.8 Å². The van der Waals surface area contributed by atoms with Gasteiger partial charge in [0.2, 0.25) is 0 Å². The minimum absolute atomic E-state index is 0.106. The first-order valence-corrected chi connectivity index (χ1v) is 10.5. The van der Waals surface area contributed by atoms with Gasteiger partial charge >= 0.3 is 0 Å². The van der Waals surface area contributed by atoms with E-state index in [1.807, 2.05) is 36.6 Å². The Morgan fingerprint density at radius 1 is 1.28 bits per heavy atom. The fraction of sp³-hybridized carbons (Fsp3) is 0.200. The van der Waals surface area contributed by atoms with Crippen molar-refractivity contribution in [2.45, 2.75) is 22.6 Å². The molecule has 0 radical (unpaired) electrons. The number of nitrogens with zero attached hydrogens (tertiary/aromatic N) is 2. The molecule has 0 spiro atoms. The molecule has 0 bridgehead atoms. The molecule has 0 aliphatic rings. The number of ether oxygens (including phenoxy) is 1. The second-order valence-electron chi connectivity index (χ2n) is 6.15. The van der Waals surface area contributed by atoms with Gasteiger partial charge in [-0.2, -0.15) is 0 Å². The minimum Gasteiger partial charge on any atom is -0.497 e. The number of nitrogens with one attached hydrogen (secondary N) is 1. The number of nitro benzene ring substituents is 1. The molecule has 1 aromatic heterocycles. The zero-order valence-electron chi connectivity index (χ0n) is 15.9. The molecule has 0 fully saturated rings. The maximum atomic E-state index is 12.4. The normalized spacial score (nSPS) is 10.6. The first-order chi connectivity index (χ1) is 14.0. The molecule has 1 heterocycles. The standard InChI is InChI=1S/C20H19N3O4S2/c1-13-12-28-20(22-13)29-18-8-5-15(11-17(18)23(25)26)19(24)21-10-9-14-3-6-16(27-2)7-4-14/h3-8,11-12H,9-10H2,1-2H3,(H,21,24). The van der Waals surface area contributed by atoms with E-state index in [0.29, 0.717) is 17.9 Å². The minimum atomic E-state index is -0.475. The Morgan fingerprint density at radius 2 is 2.03 bits per heavy atom. The van der Waals surface area contributed by atoms with Crippen molar-refractivity contribution in [1.82, 2.24) is 10.3 Å². The van der Waals surface area contributed by atoms with Gasteiger partial charge in [0.15, 0.2) is 4.34 Å². The Morgan fingerprint density at radius 3 is 2.66 bits per heavy atom. The second-order valence-corrected chi connectivity index (χ2v) is 8.30. The molecule has 2 aromatic carbocycles. The van der Waals surface area contributed by atoms with Crippen molar-refractivity contribution >= 4 is 34.7 Å². The summed E-state index contributed by atoms with van der Waals surface area (Å²) in [5.41, 5.74) is 2.08. The molecule has 0 aliphatic carbocycles. The molecule has 0 atom stereocenters. The molecule has 0 saturated heterocycles. The lowest BCUT2D eigenvalue weighted by molar-refractivity contribution is -0.387. The van der Waals surface area contributed by atoms with Crippen LogP contribution in [0.15, 0.2) is 57.1 Å². The number of amides is 1. The van der Waals surface area contributed by atoms with Crippen LogP contribution in [0.2, 0.25) is 0 Å². The topological polar surface area (TPSA) is 94.4 Å². The smallest absolute Gasteiger partial charge is 0.284 e. The lowest BCUT2D eigenvalue weighted by Crippen LogP contribution is -2.25. The number of carbonyl (C=O) groups is 1. The van der Waals surface area contributed by atoms with Crippen molar-refractivity contribution in [2.24, 2.45) is 0 Å². The fourth-order valence-electron chi connectivity index (χ4n) is 2.58. The maximum Gasteiger partial charge on any atom is 0.284 e. The Balaban J connectivity index is 1.65. The van der Waals surface area contributed by atoms with Gasteiger partial charge in [-0.25, -0.2) is 4.98 Å². The molecule has 9 heteroatoms. The van der Waals surface area contributed by atoms with Crippen LogP contribution in [0.1, 0.15) is 21.6 Å². The van der Waals surface area contributed by atoms with E-state index in [1.165, 1.54) is 29.2 Å². The summed E-state index contributed by atoms with van der Waals surface area (Å²) in [7, 11) is 1.61. The van der Waals surface area contributed by atoms with Gasteiger partial charge in [-0.05, 0) is 43.2 Å². The highest BCUT2D eigenvalue weighted by Gasteiger charge is 2.19. The van der Waals surface area contributed by atoms with Crippen LogP contribution in [-0.4, -0.2) is 29.5 Å². The van der Waals surface area contributed by atoms with E-state index in [4.69, 9.17) is 4.74 Å². The van der Waals surface area contributed by atoms with Crippen LogP contribution in [0.5, 0.6) is 5.75 Å². The molecule has 29 heavy (non-hydrogen) atoms. The van der Waals surface area contributed by atoms with Gasteiger partial charge in [0.1, 0.15) is 5.75 Å². The number of hydrogen-bond donors (Lipinski definition) is 1. The number of hydrogen-bond acceptors (Lipinski definition) is 7. The van der Waals surface area contributed by atoms with Crippen molar-refractivity contribution < 1.29 is 14.5 Å². The summed E-state index contributed by atoms with van der Waals surface area (Å²) in [6.07, 6.45) is 0.648. The number of thiazole rings is 1. The summed E-state index contributed by atoms with van der Waals surface area (Å²) < 4.78 is 5.84. The van der Waals surface area contributed by atoms with E-state index in [9.17, 15) is 14.9 Å². The van der Waals surface area contributed by atoms with Crippen LogP contribution in [0, 0.1) is 17.0 Å². The summed E-state index contributed by atoms with van der Waals surface area (Å²) >= 11 is 2.65. The highest BCUT2D eigenvalue weighted by atomic mass is 32.2. The Bertz CT molecular complexity index is 1020. The van der Waals surface area contributed by atoms with Gasteiger partial charge in [0.25, 0.3) is 11.6 Å². The van der Waals surface area contributed by atoms with Gasteiger partial charge < -0.3 is 10.1 Å². The summed E-state index contributed by atoms with van der Waals surface area (Å²) in [5.74, 6) is 0.430. The van der Waals surface area contributed by atoms with Crippen LogP contribution in [0.4, 0.5) is 5.69 Å². The van der Waals surface area contributed by atoms with E-state index in [-0.39, 0.29) is 17.2 Å². The molecule has 3 rings (SSSR count). The Labute approximate surface area is 176 Å². The molecule has 0 unspecified atom stereocenters. The quantitative estimate of drug-likeness (QED) is 0.419. The van der Waals surface area contributed by atoms with Crippen molar-refractivity contribution in [1.29, 1.82) is 0 Å². The van der Waals surface area contributed by atoms with Gasteiger partial charge in [-0.3, -0.25) is 14.9 Å². The van der Waals surface area contributed by atoms with E-state index in [1.54, 1.807) is 19.2 Å². The summed E-state index contributed by atoms with van der Waals surface area (Å²) in [6.45, 7) is 2.29. The molecule has 1 amide bonds. The Hall–Kier alpha value is -2.91. The van der Waals surface area contributed by atoms with Crippen LogP contribution in [-0.2, 0) is 6.42 Å². The largest absolute Gasteiger partial charge is 0.497 e. The first-order valence-electron chi connectivity index (χ1n) is 8.76. The highest BCUT2D eigenvalue weighted by molar-refractivity contribution is 8.01. The third-order valence-electron chi connectivity index (χ3n) is 4.07. The summed E-state index contributed by atoms with van der Waals surface area (Å²) in [4.78, 5) is 28.2. The average Bonchev–Trinajstić information content (AvgIpc) is 3.13. The van der Waals surface area contributed by atoms with Crippen molar-refractivity contribution in [3.8, 4) is 5.75 Å². The third-order valence-corrected chi connectivity index (χ3v) is 6.19. The van der Waals surface area contributed by atoms with E-state index < -0.39 is 4.92 Å². The summed E-state index contributed by atoms with van der Waals surface area (Å²) in [5, 5.41) is 16.2. The Kier molecular flexibility index (Phi) is 6.84. The number of aromatic nitrogens is 1. The number of nitro groups is 1. The molecule has 0 aliphatic heterocycles. The number of aryl methyl sites for hydroxylation is 1. The van der Waals surface area contributed by atoms with E-state index in [2.05, 4.69) is 10.3 Å². The molecule has 150 valence electrons. The van der Waals surface area contributed by atoms with Gasteiger partial charge in [-0.15, -0.1) is 11.3 Å². The molecular weight excluding hydrogens is 410 g/mol. The first kappa shape index (κ1) is 20.8. The predicted octanol–water partition coefficient (Wildman–Crippen LogP) is 4.49. The molecular formula is C20H19N3O4S2. The summed E-state index contributed by atoms with van der Waals surface area (Å²) in [6, 6.07) is 12.1. The zero-order chi connectivity index (χ0) is 20.8. The van der Waals surface area contributed by atoms with E-state index in [0.717, 1.165) is 21.3 Å². The number of rotatable bonds is 8. The average molecular weight is 430 g/mol. The zero-order valence-corrected chi connectivity index (χ0v) is 17.5. The lowest BCUT2D eigenvalue weighted by atomic mass is 10.1. The van der Waals surface area contributed by atoms with Crippen LogP contribution >= 0.6 is 23.1 Å². The van der Waals surface area contributed by atoms with Crippen LogP contribution in [0.3, 0.4) is 0 Å². The van der Waals surface area contributed by atoms with Crippen LogP contribution < -0.4 is 10.1 Å².